The van der Waals surface area contributed by atoms with E-state index in [-0.39, 0.29) is 5.41 Å². The summed E-state index contributed by atoms with van der Waals surface area (Å²) in [7, 11) is 1.68. The van der Waals surface area contributed by atoms with E-state index in [4.69, 9.17) is 4.74 Å². The predicted octanol–water partition coefficient (Wildman–Crippen LogP) is 3.38. The van der Waals surface area contributed by atoms with Gasteiger partial charge in [-0.15, -0.1) is 0 Å². The van der Waals surface area contributed by atoms with Gasteiger partial charge in [0, 0.05) is 18.7 Å². The van der Waals surface area contributed by atoms with Gasteiger partial charge < -0.3 is 14.8 Å². The second-order valence-electron chi connectivity index (χ2n) is 5.03. The molecule has 0 fully saturated rings. The third-order valence-electron chi connectivity index (χ3n) is 3.42. The molecule has 0 aliphatic carbocycles. The first-order valence-corrected chi connectivity index (χ1v) is 6.41. The van der Waals surface area contributed by atoms with Crippen LogP contribution in [0.4, 0.5) is 5.69 Å². The van der Waals surface area contributed by atoms with E-state index in [1.807, 2.05) is 12.1 Å². The van der Waals surface area contributed by atoms with Crippen LogP contribution in [0.2, 0.25) is 0 Å². The Balaban J connectivity index is 3.04. The number of benzene rings is 1. The lowest BCUT2D eigenvalue weighted by atomic mass is 9.81. The average Bonchev–Trinajstić information content (AvgIpc) is 2.39. The van der Waals surface area contributed by atoms with Crippen molar-refractivity contribution in [3.8, 4) is 5.75 Å². The van der Waals surface area contributed by atoms with Gasteiger partial charge in [-0.3, -0.25) is 0 Å². The molecule has 0 saturated heterocycles. The largest absolute Gasteiger partial charge is 0.497 e. The van der Waals surface area contributed by atoms with Crippen LogP contribution in [-0.2, 0) is 10.2 Å². The van der Waals surface area contributed by atoms with Crippen LogP contribution >= 0.6 is 0 Å². The summed E-state index contributed by atoms with van der Waals surface area (Å²) in [4.78, 5) is 10.4. The first-order chi connectivity index (χ1) is 8.55. The zero-order valence-electron chi connectivity index (χ0n) is 11.7. The van der Waals surface area contributed by atoms with E-state index in [0.717, 1.165) is 24.1 Å². The topological polar surface area (TPSA) is 38.3 Å². The number of carbonyl (C=O) groups is 1. The summed E-state index contributed by atoms with van der Waals surface area (Å²) < 4.78 is 5.29. The second kappa shape index (κ2) is 6.43. The number of nitrogens with one attached hydrogen (secondary N) is 1. The number of rotatable bonds is 7. The normalized spacial score (nSPS) is 11.1. The van der Waals surface area contributed by atoms with Crippen molar-refractivity contribution < 1.29 is 9.53 Å². The maximum atomic E-state index is 10.4. The molecule has 0 spiro atoms. The maximum Gasteiger partial charge on any atom is 0.121 e. The summed E-state index contributed by atoms with van der Waals surface area (Å²) in [5.74, 6) is 0.868. The van der Waals surface area contributed by atoms with Gasteiger partial charge in [-0.05, 0) is 35.6 Å². The Hall–Kier alpha value is -1.51. The van der Waals surface area contributed by atoms with Crippen molar-refractivity contribution in [3.05, 3.63) is 23.8 Å². The van der Waals surface area contributed by atoms with Crippen LogP contribution in [0, 0.1) is 0 Å². The number of aldehydes is 1. The molecule has 1 rings (SSSR count). The molecule has 1 aromatic rings. The van der Waals surface area contributed by atoms with E-state index in [1.54, 1.807) is 7.11 Å². The van der Waals surface area contributed by atoms with Gasteiger partial charge in [0.2, 0.25) is 0 Å². The van der Waals surface area contributed by atoms with Gasteiger partial charge in [-0.1, -0.05) is 20.8 Å². The molecule has 1 N–H and O–H groups in total. The summed E-state index contributed by atoms with van der Waals surface area (Å²) >= 11 is 0. The van der Waals surface area contributed by atoms with Crippen LogP contribution in [0.5, 0.6) is 5.75 Å². The molecule has 1 aromatic carbocycles. The molecule has 3 nitrogen and oxygen atoms in total. The van der Waals surface area contributed by atoms with E-state index in [2.05, 4.69) is 32.2 Å². The van der Waals surface area contributed by atoms with Gasteiger partial charge >= 0.3 is 0 Å². The van der Waals surface area contributed by atoms with Crippen molar-refractivity contribution >= 4 is 12.0 Å². The lowest BCUT2D eigenvalue weighted by Gasteiger charge is -2.27. The molecule has 0 radical (unpaired) electrons. The minimum Gasteiger partial charge on any atom is -0.497 e. The predicted molar refractivity (Wildman–Crippen MR) is 75.5 cm³/mol. The Labute approximate surface area is 110 Å². The van der Waals surface area contributed by atoms with Crippen molar-refractivity contribution in [2.75, 3.05) is 19.0 Å². The molecule has 0 amide bonds. The summed E-state index contributed by atoms with van der Waals surface area (Å²) in [5, 5.41) is 3.32. The Kier molecular flexibility index (Phi) is 5.20. The second-order valence-corrected chi connectivity index (χ2v) is 5.03. The Bertz CT molecular complexity index is 399. The lowest BCUT2D eigenvalue weighted by Crippen LogP contribution is -2.18. The van der Waals surface area contributed by atoms with E-state index in [1.165, 1.54) is 5.56 Å². The van der Waals surface area contributed by atoms with Crippen LogP contribution < -0.4 is 10.1 Å². The maximum absolute atomic E-state index is 10.4. The third-order valence-corrected chi connectivity index (χ3v) is 3.42. The average molecular weight is 249 g/mol. The number of anilines is 1. The molecule has 0 unspecified atom stereocenters. The summed E-state index contributed by atoms with van der Waals surface area (Å²) in [6.07, 6.45) is 2.50. The number of carbonyl (C=O) groups excluding carboxylic acids is 1. The first kappa shape index (κ1) is 14.6. The highest BCUT2D eigenvalue weighted by Crippen LogP contribution is 2.35. The molecule has 18 heavy (non-hydrogen) atoms. The molecule has 0 saturated carbocycles. The fourth-order valence-corrected chi connectivity index (χ4v) is 1.82. The van der Waals surface area contributed by atoms with Crippen LogP contribution in [0.1, 0.15) is 39.2 Å². The Morgan fingerprint density at radius 1 is 1.39 bits per heavy atom. The molecule has 0 heterocycles. The van der Waals surface area contributed by atoms with E-state index in [0.29, 0.717) is 13.0 Å². The summed E-state index contributed by atoms with van der Waals surface area (Å²) in [6.45, 7) is 7.27. The van der Waals surface area contributed by atoms with Gasteiger partial charge in [-0.2, -0.15) is 0 Å². The van der Waals surface area contributed by atoms with E-state index < -0.39 is 0 Å². The quantitative estimate of drug-likeness (QED) is 0.594. The molecule has 0 atom stereocenters. The van der Waals surface area contributed by atoms with E-state index in [9.17, 15) is 4.79 Å². The number of ether oxygens (including phenoxy) is 1. The number of methoxy groups -OCH3 is 1. The molecular formula is C15H23NO2. The molecule has 100 valence electrons. The minimum absolute atomic E-state index is 0.0814. The fraction of sp³-hybridized carbons (Fsp3) is 0.533. The van der Waals surface area contributed by atoms with Crippen LogP contribution in [0.3, 0.4) is 0 Å². The van der Waals surface area contributed by atoms with Crippen molar-refractivity contribution in [2.45, 2.75) is 39.0 Å². The molecule has 0 aliphatic heterocycles. The molecule has 0 aromatic heterocycles. The number of hydrogen-bond acceptors (Lipinski definition) is 3. The Morgan fingerprint density at radius 3 is 2.67 bits per heavy atom. The monoisotopic (exact) mass is 249 g/mol. The van der Waals surface area contributed by atoms with Crippen molar-refractivity contribution in [3.63, 3.8) is 0 Å². The highest BCUT2D eigenvalue weighted by molar-refractivity contribution is 5.58. The third kappa shape index (κ3) is 3.49. The standard InChI is InChI=1S/C15H23NO2/c1-5-15(2,3)13-11-12(18-4)7-8-14(13)16-9-6-10-17/h7-8,10-11,16H,5-6,9H2,1-4H3. The van der Waals surface area contributed by atoms with Crippen molar-refractivity contribution in [2.24, 2.45) is 0 Å². The van der Waals surface area contributed by atoms with Crippen LogP contribution in [-0.4, -0.2) is 19.9 Å². The zero-order chi connectivity index (χ0) is 13.6. The van der Waals surface area contributed by atoms with Crippen molar-refractivity contribution in [1.29, 1.82) is 0 Å². The van der Waals surface area contributed by atoms with Crippen LogP contribution in [0.25, 0.3) is 0 Å². The van der Waals surface area contributed by atoms with Crippen molar-refractivity contribution in [1.82, 2.24) is 0 Å². The van der Waals surface area contributed by atoms with E-state index >= 15 is 0 Å². The SMILES string of the molecule is CCC(C)(C)c1cc(OC)ccc1NCCC=O. The molecule has 0 aliphatic rings. The number of hydrogen-bond donors (Lipinski definition) is 1. The van der Waals surface area contributed by atoms with Crippen LogP contribution in [0.15, 0.2) is 18.2 Å². The highest BCUT2D eigenvalue weighted by Gasteiger charge is 2.22. The lowest BCUT2D eigenvalue weighted by molar-refractivity contribution is -0.107. The minimum atomic E-state index is 0.0814. The van der Waals surface area contributed by atoms with Gasteiger partial charge in [0.05, 0.1) is 7.11 Å². The highest BCUT2D eigenvalue weighted by atomic mass is 16.5. The Morgan fingerprint density at radius 2 is 2.11 bits per heavy atom. The van der Waals surface area contributed by atoms with Gasteiger partial charge in [0.25, 0.3) is 0 Å². The summed E-state index contributed by atoms with van der Waals surface area (Å²) in [6, 6.07) is 6.04. The summed E-state index contributed by atoms with van der Waals surface area (Å²) in [5.41, 5.74) is 2.40. The van der Waals surface area contributed by atoms with Gasteiger partial charge in [0.15, 0.2) is 0 Å². The molecule has 3 heteroatoms. The first-order valence-electron chi connectivity index (χ1n) is 6.41. The fourth-order valence-electron chi connectivity index (χ4n) is 1.82. The smallest absolute Gasteiger partial charge is 0.121 e. The molecular weight excluding hydrogens is 226 g/mol. The van der Waals surface area contributed by atoms with Gasteiger partial charge in [0.1, 0.15) is 12.0 Å². The zero-order valence-corrected chi connectivity index (χ0v) is 11.7. The van der Waals surface area contributed by atoms with Gasteiger partial charge in [-0.25, -0.2) is 0 Å². The molecule has 0 bridgehead atoms.